The summed E-state index contributed by atoms with van der Waals surface area (Å²) in [4.78, 5) is 14.0. The van der Waals surface area contributed by atoms with Crippen molar-refractivity contribution in [3.05, 3.63) is 29.3 Å². The Balaban J connectivity index is 3.04. The third-order valence-corrected chi connectivity index (χ3v) is 1.64. The van der Waals surface area contributed by atoms with Crippen LogP contribution in [0.25, 0.3) is 0 Å². The second-order valence-electron chi connectivity index (χ2n) is 2.70. The molecule has 0 N–H and O–H groups in total. The van der Waals surface area contributed by atoms with Gasteiger partial charge in [-0.05, 0) is 31.0 Å². The van der Waals surface area contributed by atoms with Crippen molar-refractivity contribution in [2.45, 2.75) is 13.8 Å². The van der Waals surface area contributed by atoms with E-state index in [2.05, 4.69) is 4.99 Å². The molecule has 0 aliphatic carbocycles. The van der Waals surface area contributed by atoms with Gasteiger partial charge in [-0.2, -0.15) is 0 Å². The van der Waals surface area contributed by atoms with Crippen LogP contribution < -0.4 is 0 Å². The molecule has 0 saturated heterocycles. The summed E-state index contributed by atoms with van der Waals surface area (Å²) in [5.41, 5.74) is 3.10. The monoisotopic (exact) mass is 161 g/mol. The minimum Gasteiger partial charge on any atom is -0.297 e. The van der Waals surface area contributed by atoms with Gasteiger partial charge in [-0.1, -0.05) is 12.1 Å². The summed E-state index contributed by atoms with van der Waals surface area (Å²) in [7, 11) is 0. The van der Waals surface area contributed by atoms with Crippen molar-refractivity contribution >= 4 is 18.2 Å². The van der Waals surface area contributed by atoms with Crippen molar-refractivity contribution in [3.63, 3.8) is 0 Å². The molecule has 0 aromatic heterocycles. The van der Waals surface area contributed by atoms with Crippen molar-refractivity contribution in [2.75, 3.05) is 0 Å². The summed E-state index contributed by atoms with van der Waals surface area (Å²) in [6.45, 7) is 3.97. The van der Waals surface area contributed by atoms with Gasteiger partial charge in [-0.15, -0.1) is 0 Å². The molecule has 0 amide bonds. The number of hydrogen-bond acceptors (Lipinski definition) is 2. The van der Waals surface area contributed by atoms with Gasteiger partial charge in [0.1, 0.15) is 0 Å². The van der Waals surface area contributed by atoms with Crippen molar-refractivity contribution in [1.29, 1.82) is 0 Å². The number of rotatable bonds is 2. The van der Waals surface area contributed by atoms with Crippen LogP contribution in [0.4, 0.5) is 5.69 Å². The Hall–Kier alpha value is -1.44. The molecule has 0 heterocycles. The second-order valence-corrected chi connectivity index (χ2v) is 2.70. The van der Waals surface area contributed by atoms with Gasteiger partial charge in [-0.25, -0.2) is 0 Å². The van der Waals surface area contributed by atoms with Gasteiger partial charge in [0.2, 0.25) is 0 Å². The fourth-order valence-electron chi connectivity index (χ4n) is 0.969. The van der Waals surface area contributed by atoms with E-state index >= 15 is 0 Å². The minimum absolute atomic E-state index is 0.682. The first-order valence-electron chi connectivity index (χ1n) is 3.79. The van der Waals surface area contributed by atoms with E-state index in [1.54, 1.807) is 0 Å². The van der Waals surface area contributed by atoms with E-state index in [4.69, 9.17) is 0 Å². The molecule has 0 saturated carbocycles. The van der Waals surface area contributed by atoms with E-state index in [-0.39, 0.29) is 0 Å². The van der Waals surface area contributed by atoms with Gasteiger partial charge in [0.05, 0.1) is 11.9 Å². The van der Waals surface area contributed by atoms with Gasteiger partial charge in [0.25, 0.3) is 0 Å². The first-order chi connectivity index (χ1) is 5.74. The maximum absolute atomic E-state index is 10.0. The molecule has 1 rings (SSSR count). The van der Waals surface area contributed by atoms with Crippen LogP contribution in [0.15, 0.2) is 23.2 Å². The van der Waals surface area contributed by atoms with Gasteiger partial charge in [0, 0.05) is 0 Å². The van der Waals surface area contributed by atoms with Crippen molar-refractivity contribution < 1.29 is 4.79 Å². The largest absolute Gasteiger partial charge is 0.297 e. The Morgan fingerprint density at radius 3 is 2.75 bits per heavy atom. The van der Waals surface area contributed by atoms with E-state index < -0.39 is 0 Å². The van der Waals surface area contributed by atoms with E-state index in [0.717, 1.165) is 16.8 Å². The minimum atomic E-state index is 0.682. The lowest BCUT2D eigenvalue weighted by atomic mass is 10.1. The molecule has 62 valence electrons. The van der Waals surface area contributed by atoms with Gasteiger partial charge < -0.3 is 0 Å². The molecule has 0 bridgehead atoms. The molecule has 0 radical (unpaired) electrons. The highest BCUT2D eigenvalue weighted by molar-refractivity contribution is 6.13. The van der Waals surface area contributed by atoms with E-state index in [0.29, 0.717) is 6.29 Å². The van der Waals surface area contributed by atoms with Crippen molar-refractivity contribution in [2.24, 2.45) is 4.99 Å². The fraction of sp³-hybridized carbons (Fsp3) is 0.200. The van der Waals surface area contributed by atoms with Gasteiger partial charge >= 0.3 is 0 Å². The second kappa shape index (κ2) is 3.81. The summed E-state index contributed by atoms with van der Waals surface area (Å²) in [6, 6.07) is 5.97. The highest BCUT2D eigenvalue weighted by Gasteiger charge is 1.93. The van der Waals surface area contributed by atoms with Crippen LogP contribution in [-0.2, 0) is 4.79 Å². The molecule has 2 heteroatoms. The van der Waals surface area contributed by atoms with E-state index in [1.165, 1.54) is 6.21 Å². The molecular weight excluding hydrogens is 150 g/mol. The Morgan fingerprint density at radius 1 is 1.33 bits per heavy atom. The van der Waals surface area contributed by atoms with Crippen LogP contribution in [0.1, 0.15) is 11.1 Å². The summed E-state index contributed by atoms with van der Waals surface area (Å²) in [6.07, 6.45) is 1.95. The van der Waals surface area contributed by atoms with E-state index in [1.807, 2.05) is 32.0 Å². The Bertz CT molecular complexity index is 316. The van der Waals surface area contributed by atoms with Crippen LogP contribution in [0.5, 0.6) is 0 Å². The Kier molecular flexibility index (Phi) is 2.75. The third kappa shape index (κ3) is 2.02. The zero-order chi connectivity index (χ0) is 8.97. The topological polar surface area (TPSA) is 29.4 Å². The highest BCUT2D eigenvalue weighted by Crippen LogP contribution is 2.18. The number of carbonyl (C=O) groups is 1. The van der Waals surface area contributed by atoms with Crippen LogP contribution in [0, 0.1) is 13.8 Å². The molecule has 0 aliphatic rings. The number of carbonyl (C=O) groups excluding carboxylic acids is 1. The molecule has 0 fully saturated rings. The summed E-state index contributed by atoms with van der Waals surface area (Å²) in [5, 5.41) is 0. The lowest BCUT2D eigenvalue weighted by Gasteiger charge is -1.99. The maximum Gasteiger partial charge on any atom is 0.161 e. The Labute approximate surface area is 71.9 Å². The number of nitrogens with zero attached hydrogens (tertiary/aromatic N) is 1. The van der Waals surface area contributed by atoms with Gasteiger partial charge in [0.15, 0.2) is 6.29 Å². The van der Waals surface area contributed by atoms with E-state index in [9.17, 15) is 4.79 Å². The first kappa shape index (κ1) is 8.65. The quantitative estimate of drug-likeness (QED) is 0.483. The van der Waals surface area contributed by atoms with Crippen molar-refractivity contribution in [1.82, 2.24) is 0 Å². The maximum atomic E-state index is 10.0. The molecule has 0 atom stereocenters. The summed E-state index contributed by atoms with van der Waals surface area (Å²) in [5.74, 6) is 0. The average molecular weight is 161 g/mol. The van der Waals surface area contributed by atoms with Crippen LogP contribution in [-0.4, -0.2) is 12.5 Å². The van der Waals surface area contributed by atoms with Crippen LogP contribution in [0.2, 0.25) is 0 Å². The number of aliphatic imine (C=N–C) groups is 1. The SMILES string of the molecule is Cc1ccc(C)c(N=CC=O)c1. The molecular formula is C10H11NO. The molecule has 1 aromatic carbocycles. The zero-order valence-electron chi connectivity index (χ0n) is 7.24. The predicted molar refractivity (Wildman–Crippen MR) is 50.1 cm³/mol. The van der Waals surface area contributed by atoms with Gasteiger partial charge in [-0.3, -0.25) is 9.79 Å². The lowest BCUT2D eigenvalue weighted by molar-refractivity contribution is -0.102. The number of benzene rings is 1. The third-order valence-electron chi connectivity index (χ3n) is 1.64. The summed E-state index contributed by atoms with van der Waals surface area (Å²) >= 11 is 0. The molecule has 1 aromatic rings. The Morgan fingerprint density at radius 2 is 2.08 bits per heavy atom. The number of hydrogen-bond donors (Lipinski definition) is 0. The number of aryl methyl sites for hydroxylation is 2. The molecule has 0 aliphatic heterocycles. The zero-order valence-corrected chi connectivity index (χ0v) is 7.24. The smallest absolute Gasteiger partial charge is 0.161 e. The fourth-order valence-corrected chi connectivity index (χ4v) is 0.969. The predicted octanol–water partition coefficient (Wildman–Crippen LogP) is 2.20. The normalized spacial score (nSPS) is 10.5. The summed E-state index contributed by atoms with van der Waals surface area (Å²) < 4.78 is 0. The van der Waals surface area contributed by atoms with Crippen molar-refractivity contribution in [3.8, 4) is 0 Å². The highest BCUT2D eigenvalue weighted by atomic mass is 16.1. The standard InChI is InChI=1S/C10H11NO/c1-8-3-4-9(2)10(7-8)11-5-6-12/h3-7H,1-2H3. The van der Waals surface area contributed by atoms with Crippen LogP contribution in [0.3, 0.4) is 0 Å². The first-order valence-corrected chi connectivity index (χ1v) is 3.79. The lowest BCUT2D eigenvalue weighted by Crippen LogP contribution is -1.78. The molecule has 0 spiro atoms. The molecule has 12 heavy (non-hydrogen) atoms. The molecule has 0 unspecified atom stereocenters. The average Bonchev–Trinajstić information content (AvgIpc) is 2.07. The molecule has 2 nitrogen and oxygen atoms in total. The number of aldehydes is 1. The van der Waals surface area contributed by atoms with Crippen LogP contribution >= 0.6 is 0 Å².